The summed E-state index contributed by atoms with van der Waals surface area (Å²) in [5, 5.41) is 0. The molecule has 3 unspecified atom stereocenters. The Morgan fingerprint density at radius 1 is 1.20 bits per heavy atom. The highest BCUT2D eigenvalue weighted by Crippen LogP contribution is 2.63. The maximum Gasteiger partial charge on any atom is 0.0178 e. The Morgan fingerprint density at radius 2 is 1.90 bits per heavy atom. The second-order valence-electron chi connectivity index (χ2n) is 7.70. The summed E-state index contributed by atoms with van der Waals surface area (Å²) >= 11 is 3.66. The predicted octanol–water partition coefficient (Wildman–Crippen LogP) is 4.49. The highest BCUT2D eigenvalue weighted by atomic mass is 79.9. The minimum Gasteiger partial charge on any atom is -0.328 e. The first kappa shape index (κ1) is 13.3. The molecule has 0 amide bonds. The Bertz CT molecular complexity index is 508. The van der Waals surface area contributed by atoms with Crippen molar-refractivity contribution in [2.45, 2.75) is 50.5 Å². The Labute approximate surface area is 130 Å². The number of nitrogens with two attached hydrogens (primary N) is 1. The van der Waals surface area contributed by atoms with E-state index in [1.54, 1.807) is 5.56 Å². The lowest BCUT2D eigenvalue weighted by Crippen LogP contribution is -2.56. The van der Waals surface area contributed by atoms with Crippen LogP contribution in [-0.4, -0.2) is 6.04 Å². The van der Waals surface area contributed by atoms with Crippen LogP contribution in [0.2, 0.25) is 0 Å². The lowest BCUT2D eigenvalue weighted by Gasteiger charge is -2.61. The molecule has 2 N–H and O–H groups in total. The highest BCUT2D eigenvalue weighted by Gasteiger charge is 2.56. The van der Waals surface area contributed by atoms with E-state index in [9.17, 15) is 0 Å². The average molecular weight is 334 g/mol. The number of halogens is 1. The lowest BCUT2D eigenvalue weighted by atomic mass is 9.44. The Kier molecular flexibility index (Phi) is 3.05. The first-order valence-electron chi connectivity index (χ1n) is 8.09. The average Bonchev–Trinajstić information content (AvgIpc) is 2.37. The molecule has 5 rings (SSSR count). The molecule has 20 heavy (non-hydrogen) atoms. The molecule has 0 aliphatic heterocycles. The van der Waals surface area contributed by atoms with Gasteiger partial charge in [0.05, 0.1) is 0 Å². The molecule has 0 heterocycles. The van der Waals surface area contributed by atoms with Gasteiger partial charge in [-0.1, -0.05) is 28.1 Å². The SMILES string of the molecule is CC(N)C1C2CC3CC1CC(c1cccc(Br)c1)(C3)C2. The fraction of sp³-hybridized carbons (Fsp3) is 0.667. The van der Waals surface area contributed by atoms with Crippen LogP contribution in [0.15, 0.2) is 28.7 Å². The number of benzene rings is 1. The Hall–Kier alpha value is -0.340. The summed E-state index contributed by atoms with van der Waals surface area (Å²) in [6.07, 6.45) is 7.06. The molecule has 4 bridgehead atoms. The van der Waals surface area contributed by atoms with Crippen LogP contribution in [-0.2, 0) is 5.41 Å². The van der Waals surface area contributed by atoms with Gasteiger partial charge in [-0.25, -0.2) is 0 Å². The molecular weight excluding hydrogens is 310 g/mol. The number of rotatable bonds is 2. The molecule has 1 nitrogen and oxygen atoms in total. The van der Waals surface area contributed by atoms with Gasteiger partial charge in [-0.3, -0.25) is 0 Å². The zero-order valence-electron chi connectivity index (χ0n) is 12.2. The number of hydrogen-bond acceptors (Lipinski definition) is 1. The van der Waals surface area contributed by atoms with E-state index in [4.69, 9.17) is 5.73 Å². The molecule has 4 fully saturated rings. The first-order chi connectivity index (χ1) is 9.57. The van der Waals surface area contributed by atoms with Crippen molar-refractivity contribution in [3.8, 4) is 0 Å². The highest BCUT2D eigenvalue weighted by molar-refractivity contribution is 9.10. The molecule has 0 saturated heterocycles. The maximum absolute atomic E-state index is 6.32. The topological polar surface area (TPSA) is 26.0 Å². The van der Waals surface area contributed by atoms with E-state index in [0.29, 0.717) is 11.5 Å². The van der Waals surface area contributed by atoms with Crippen LogP contribution in [0, 0.1) is 23.7 Å². The smallest absolute Gasteiger partial charge is 0.0178 e. The van der Waals surface area contributed by atoms with E-state index < -0.39 is 0 Å². The molecule has 0 spiro atoms. The summed E-state index contributed by atoms with van der Waals surface area (Å²) in [5.74, 6) is 3.49. The molecular formula is C18H24BrN. The van der Waals surface area contributed by atoms with Gasteiger partial charge < -0.3 is 5.73 Å². The van der Waals surface area contributed by atoms with Crippen molar-refractivity contribution in [1.82, 2.24) is 0 Å². The lowest BCUT2D eigenvalue weighted by molar-refractivity contribution is -0.0632. The van der Waals surface area contributed by atoms with Crippen LogP contribution in [0.3, 0.4) is 0 Å². The molecule has 2 heteroatoms. The summed E-state index contributed by atoms with van der Waals surface area (Å²) in [5.41, 5.74) is 8.36. The van der Waals surface area contributed by atoms with E-state index in [0.717, 1.165) is 23.7 Å². The van der Waals surface area contributed by atoms with E-state index >= 15 is 0 Å². The molecule has 0 radical (unpaired) electrons. The largest absolute Gasteiger partial charge is 0.328 e. The molecule has 1 aromatic rings. The van der Waals surface area contributed by atoms with Crippen molar-refractivity contribution >= 4 is 15.9 Å². The van der Waals surface area contributed by atoms with Gasteiger partial charge >= 0.3 is 0 Å². The zero-order valence-corrected chi connectivity index (χ0v) is 13.8. The second-order valence-corrected chi connectivity index (χ2v) is 8.61. The predicted molar refractivity (Wildman–Crippen MR) is 86.5 cm³/mol. The van der Waals surface area contributed by atoms with Crippen molar-refractivity contribution in [2.75, 3.05) is 0 Å². The second kappa shape index (κ2) is 4.58. The van der Waals surface area contributed by atoms with E-state index in [-0.39, 0.29) is 0 Å². The molecule has 4 aliphatic carbocycles. The maximum atomic E-state index is 6.32. The van der Waals surface area contributed by atoms with Crippen molar-refractivity contribution in [3.05, 3.63) is 34.3 Å². The van der Waals surface area contributed by atoms with Crippen LogP contribution in [0.1, 0.15) is 44.6 Å². The van der Waals surface area contributed by atoms with Gasteiger partial charge in [0.2, 0.25) is 0 Å². The van der Waals surface area contributed by atoms with Gasteiger partial charge in [0, 0.05) is 10.5 Å². The summed E-state index contributed by atoms with van der Waals surface area (Å²) in [4.78, 5) is 0. The molecule has 108 valence electrons. The van der Waals surface area contributed by atoms with Gasteiger partial charge in [0.1, 0.15) is 0 Å². The van der Waals surface area contributed by atoms with Crippen LogP contribution in [0.4, 0.5) is 0 Å². The minimum atomic E-state index is 0.379. The Balaban J connectivity index is 1.72. The van der Waals surface area contributed by atoms with Crippen LogP contribution in [0.5, 0.6) is 0 Å². The van der Waals surface area contributed by atoms with Crippen molar-refractivity contribution < 1.29 is 0 Å². The van der Waals surface area contributed by atoms with E-state index in [1.807, 2.05) is 0 Å². The summed E-state index contributed by atoms with van der Waals surface area (Å²) in [6.45, 7) is 2.23. The van der Waals surface area contributed by atoms with Gasteiger partial charge in [0.25, 0.3) is 0 Å². The van der Waals surface area contributed by atoms with Gasteiger partial charge in [-0.2, -0.15) is 0 Å². The molecule has 4 saturated carbocycles. The fourth-order valence-electron chi connectivity index (χ4n) is 6.09. The summed E-state index contributed by atoms with van der Waals surface area (Å²) in [7, 11) is 0. The monoisotopic (exact) mass is 333 g/mol. The molecule has 4 aliphatic rings. The number of hydrogen-bond donors (Lipinski definition) is 1. The third-order valence-electron chi connectivity index (χ3n) is 6.39. The van der Waals surface area contributed by atoms with Gasteiger partial charge in [-0.05, 0) is 85.8 Å². The molecule has 3 atom stereocenters. The fourth-order valence-corrected chi connectivity index (χ4v) is 6.49. The third-order valence-corrected chi connectivity index (χ3v) is 6.88. The van der Waals surface area contributed by atoms with Crippen LogP contribution < -0.4 is 5.73 Å². The van der Waals surface area contributed by atoms with E-state index in [2.05, 4.69) is 47.1 Å². The zero-order chi connectivity index (χ0) is 13.9. The van der Waals surface area contributed by atoms with Crippen LogP contribution in [0.25, 0.3) is 0 Å². The quantitative estimate of drug-likeness (QED) is 0.847. The normalized spacial score (nSPS) is 43.8. The molecule has 1 aromatic carbocycles. The minimum absolute atomic E-state index is 0.379. The van der Waals surface area contributed by atoms with Crippen molar-refractivity contribution in [1.29, 1.82) is 0 Å². The summed E-state index contributed by atoms with van der Waals surface area (Å²) in [6, 6.07) is 9.47. The van der Waals surface area contributed by atoms with Gasteiger partial charge in [0.15, 0.2) is 0 Å². The molecule has 0 aromatic heterocycles. The van der Waals surface area contributed by atoms with E-state index in [1.165, 1.54) is 36.6 Å². The first-order valence-corrected chi connectivity index (χ1v) is 8.88. The Morgan fingerprint density at radius 3 is 2.50 bits per heavy atom. The van der Waals surface area contributed by atoms with Crippen molar-refractivity contribution in [2.24, 2.45) is 29.4 Å². The third kappa shape index (κ3) is 1.91. The van der Waals surface area contributed by atoms with Crippen LogP contribution >= 0.6 is 15.9 Å². The van der Waals surface area contributed by atoms with Gasteiger partial charge in [-0.15, -0.1) is 0 Å². The summed E-state index contributed by atoms with van der Waals surface area (Å²) < 4.78 is 1.23. The standard InChI is InChI=1S/C18H24BrN/c1-11(20)17-13-5-12-6-14(17)10-18(8-12,9-13)15-3-2-4-16(19)7-15/h2-4,7,11-14,17H,5-6,8-10,20H2,1H3. The van der Waals surface area contributed by atoms with Crippen molar-refractivity contribution in [3.63, 3.8) is 0 Å².